The molecule has 0 spiro atoms. The van der Waals surface area contributed by atoms with Crippen LogP contribution in [-0.4, -0.2) is 24.5 Å². The summed E-state index contributed by atoms with van der Waals surface area (Å²) in [6.07, 6.45) is 6.83. The average Bonchev–Trinajstić information content (AvgIpc) is 2.90. The number of pyridine rings is 1. The van der Waals surface area contributed by atoms with E-state index in [0.717, 1.165) is 36.8 Å². The Morgan fingerprint density at radius 2 is 1.71 bits per heavy atom. The van der Waals surface area contributed by atoms with Gasteiger partial charge >= 0.3 is 0 Å². The van der Waals surface area contributed by atoms with Gasteiger partial charge in [-0.25, -0.2) is 9.37 Å². The van der Waals surface area contributed by atoms with Crippen molar-refractivity contribution < 1.29 is 13.2 Å². The quantitative estimate of drug-likeness (QED) is 0.320. The highest BCUT2D eigenvalue weighted by molar-refractivity contribution is 5.71. The molecule has 2 aliphatic rings. The lowest BCUT2D eigenvalue weighted by Gasteiger charge is -2.32. The molecule has 196 valence electrons. The molecule has 6 rings (SSSR count). The maximum Gasteiger partial charge on any atom is 0.291 e. The summed E-state index contributed by atoms with van der Waals surface area (Å²) in [5, 5.41) is 0. The molecule has 0 radical (unpaired) electrons. The lowest BCUT2D eigenvalue weighted by molar-refractivity contribution is -0.0320. The van der Waals surface area contributed by atoms with Crippen molar-refractivity contribution in [1.82, 2.24) is 24.5 Å². The molecule has 6 nitrogen and oxygen atoms in total. The molecule has 0 aliphatic heterocycles. The highest BCUT2D eigenvalue weighted by atomic mass is 19.3. The number of rotatable bonds is 3. The van der Waals surface area contributed by atoms with Crippen molar-refractivity contribution in [2.75, 3.05) is 0 Å². The third-order valence-electron chi connectivity index (χ3n) is 8.17. The van der Waals surface area contributed by atoms with E-state index in [0.29, 0.717) is 22.4 Å². The van der Waals surface area contributed by atoms with Gasteiger partial charge in [0.05, 0.1) is 17.4 Å². The zero-order valence-corrected chi connectivity index (χ0v) is 21.3. The maximum absolute atomic E-state index is 14.7. The number of hydrogen-bond acceptors (Lipinski definition) is 5. The zero-order valence-electron chi connectivity index (χ0n) is 21.3. The number of nitrogens with zero attached hydrogens (tertiary/aromatic N) is 5. The Labute approximate surface area is 218 Å². The van der Waals surface area contributed by atoms with E-state index < -0.39 is 18.4 Å². The lowest BCUT2D eigenvalue weighted by Crippen LogP contribution is -2.36. The van der Waals surface area contributed by atoms with Gasteiger partial charge in [0.15, 0.2) is 5.65 Å². The third-order valence-corrected chi connectivity index (χ3v) is 8.17. The van der Waals surface area contributed by atoms with Gasteiger partial charge in [-0.15, -0.1) is 0 Å². The summed E-state index contributed by atoms with van der Waals surface area (Å²) in [6, 6.07) is 6.24. The van der Waals surface area contributed by atoms with Gasteiger partial charge in [0.1, 0.15) is 17.0 Å². The summed E-state index contributed by atoms with van der Waals surface area (Å²) >= 11 is 0. The van der Waals surface area contributed by atoms with Crippen molar-refractivity contribution in [3.8, 4) is 0 Å². The molecule has 3 aromatic heterocycles. The van der Waals surface area contributed by atoms with Crippen LogP contribution in [0.2, 0.25) is 0 Å². The van der Waals surface area contributed by atoms with Gasteiger partial charge in [0.2, 0.25) is 0 Å². The van der Waals surface area contributed by atoms with Gasteiger partial charge in [-0.1, -0.05) is 12.1 Å². The molecule has 1 unspecified atom stereocenters. The largest absolute Gasteiger partial charge is 0.291 e. The van der Waals surface area contributed by atoms with Crippen molar-refractivity contribution in [2.45, 2.75) is 76.2 Å². The average molecular weight is 520 g/mol. The van der Waals surface area contributed by atoms with E-state index in [-0.39, 0.29) is 41.0 Å². The molecule has 0 saturated heterocycles. The van der Waals surface area contributed by atoms with Crippen LogP contribution in [0.15, 0.2) is 47.7 Å². The van der Waals surface area contributed by atoms with E-state index in [2.05, 4.69) is 19.9 Å². The second kappa shape index (κ2) is 9.29. The summed E-state index contributed by atoms with van der Waals surface area (Å²) in [4.78, 5) is 31.5. The molecule has 1 aromatic carbocycles. The fourth-order valence-electron chi connectivity index (χ4n) is 6.33. The first kappa shape index (κ1) is 24.7. The van der Waals surface area contributed by atoms with Crippen LogP contribution in [0.5, 0.6) is 0 Å². The van der Waals surface area contributed by atoms with Gasteiger partial charge in [0.25, 0.3) is 11.5 Å². The minimum absolute atomic E-state index is 0.0338. The summed E-state index contributed by atoms with van der Waals surface area (Å²) < 4.78 is 45.6. The third kappa shape index (κ3) is 4.08. The Bertz CT molecular complexity index is 1570. The minimum Gasteiger partial charge on any atom is -0.282 e. The van der Waals surface area contributed by atoms with Crippen molar-refractivity contribution in [3.05, 3.63) is 92.8 Å². The van der Waals surface area contributed by atoms with Gasteiger partial charge in [-0.05, 0) is 81.0 Å². The summed E-state index contributed by atoms with van der Waals surface area (Å²) in [6.45, 7) is 3.71. The Hall–Kier alpha value is -3.62. The highest BCUT2D eigenvalue weighted by Gasteiger charge is 2.44. The second-order valence-electron chi connectivity index (χ2n) is 10.6. The molecule has 1 atom stereocenters. The second-order valence-corrected chi connectivity index (χ2v) is 10.6. The smallest absolute Gasteiger partial charge is 0.282 e. The number of benzene rings is 1. The fourth-order valence-corrected chi connectivity index (χ4v) is 6.33. The molecular weight excluding hydrogens is 491 g/mol. The van der Waals surface area contributed by atoms with Crippen molar-refractivity contribution in [1.29, 1.82) is 0 Å². The molecule has 0 amide bonds. The van der Waals surface area contributed by atoms with E-state index in [1.165, 1.54) is 23.0 Å². The Balaban J connectivity index is 1.43. The van der Waals surface area contributed by atoms with Crippen molar-refractivity contribution >= 4 is 11.2 Å². The predicted molar refractivity (Wildman–Crippen MR) is 137 cm³/mol. The van der Waals surface area contributed by atoms with Crippen LogP contribution >= 0.6 is 0 Å². The zero-order chi connectivity index (χ0) is 26.6. The summed E-state index contributed by atoms with van der Waals surface area (Å²) in [5.74, 6) is -3.24. The molecule has 0 bridgehead atoms. The number of alkyl halides is 2. The lowest BCUT2D eigenvalue weighted by atomic mass is 9.75. The molecule has 9 heteroatoms. The topological polar surface area (TPSA) is 73.6 Å². The number of halogens is 3. The van der Waals surface area contributed by atoms with Crippen LogP contribution in [0.3, 0.4) is 0 Å². The molecule has 3 heterocycles. The van der Waals surface area contributed by atoms with Gasteiger partial charge in [0, 0.05) is 30.6 Å². The first-order chi connectivity index (χ1) is 18.2. The number of hydrogen-bond donors (Lipinski definition) is 0. The fraction of sp³-hybridized carbons (Fsp3) is 0.414. The van der Waals surface area contributed by atoms with E-state index in [1.54, 1.807) is 25.3 Å². The molecule has 38 heavy (non-hydrogen) atoms. The molecule has 1 fully saturated rings. The Morgan fingerprint density at radius 3 is 2.47 bits per heavy atom. The Kier molecular flexibility index (Phi) is 6.04. The molecule has 0 N–H and O–H groups in total. The number of aromatic nitrogens is 5. The minimum atomic E-state index is -3.11. The predicted octanol–water partition coefficient (Wildman–Crippen LogP) is 6.25. The first-order valence-corrected chi connectivity index (χ1v) is 13.1. The standard InChI is InChI=1S/C29H28F3N5O/c1-16-4-3-5-21(30)24(16)19-8-6-18(7-9-19)20-14-22-27(36-17(2)15-35-22)37(28(20)38)23-10-11-29(31,32)26-25(23)33-12-13-34-26/h3-5,12-15,18-19,23H,6-11H2,1-2H3. The van der Waals surface area contributed by atoms with Crippen LogP contribution in [0.25, 0.3) is 11.2 Å². The van der Waals surface area contributed by atoms with Gasteiger partial charge in [-0.2, -0.15) is 8.78 Å². The monoisotopic (exact) mass is 519 g/mol. The maximum atomic E-state index is 14.7. The van der Waals surface area contributed by atoms with E-state index in [4.69, 9.17) is 0 Å². The van der Waals surface area contributed by atoms with Crippen LogP contribution in [0.4, 0.5) is 13.2 Å². The normalized spacial score (nSPS) is 22.8. The molecule has 2 aliphatic carbocycles. The van der Waals surface area contributed by atoms with Crippen LogP contribution in [-0.2, 0) is 5.92 Å². The van der Waals surface area contributed by atoms with Crippen molar-refractivity contribution in [2.24, 2.45) is 0 Å². The molecular formula is C29H28F3N5O. The molecule has 1 saturated carbocycles. The number of aryl methyl sites for hydroxylation is 2. The summed E-state index contributed by atoms with van der Waals surface area (Å²) in [5.41, 5.74) is 3.30. The van der Waals surface area contributed by atoms with Crippen molar-refractivity contribution in [3.63, 3.8) is 0 Å². The van der Waals surface area contributed by atoms with E-state index in [1.807, 2.05) is 13.0 Å². The van der Waals surface area contributed by atoms with Crippen LogP contribution < -0.4 is 5.56 Å². The number of fused-ring (bicyclic) bond motifs is 2. The van der Waals surface area contributed by atoms with Gasteiger partial charge < -0.3 is 0 Å². The van der Waals surface area contributed by atoms with Gasteiger partial charge in [-0.3, -0.25) is 24.3 Å². The van der Waals surface area contributed by atoms with E-state index in [9.17, 15) is 18.0 Å². The highest BCUT2D eigenvalue weighted by Crippen LogP contribution is 2.45. The van der Waals surface area contributed by atoms with Crippen LogP contribution in [0, 0.1) is 19.7 Å². The Morgan fingerprint density at radius 1 is 0.974 bits per heavy atom. The SMILES string of the molecule is Cc1cnc2cc(C3CCC(c4c(C)cccc4F)CC3)c(=O)n(C3CCC(F)(F)c4nccnc43)c2n1. The summed E-state index contributed by atoms with van der Waals surface area (Å²) in [7, 11) is 0. The van der Waals surface area contributed by atoms with E-state index >= 15 is 0 Å². The first-order valence-electron chi connectivity index (χ1n) is 13.1. The van der Waals surface area contributed by atoms with Crippen LogP contribution in [0.1, 0.15) is 90.2 Å². The molecule has 4 aromatic rings.